The summed E-state index contributed by atoms with van der Waals surface area (Å²) >= 11 is 0. The fourth-order valence-electron chi connectivity index (χ4n) is 3.29. The number of ether oxygens (including phenoxy) is 1. The number of aromatic nitrogens is 5. The van der Waals surface area contributed by atoms with Gasteiger partial charge in [0.05, 0.1) is 11.9 Å². The first-order valence-electron chi connectivity index (χ1n) is 9.27. The highest BCUT2D eigenvalue weighted by Gasteiger charge is 2.52. The largest absolute Gasteiger partial charge is 0.456 e. The molecule has 0 bridgehead atoms. The van der Waals surface area contributed by atoms with Crippen molar-refractivity contribution in [1.29, 1.82) is 0 Å². The van der Waals surface area contributed by atoms with Gasteiger partial charge >= 0.3 is 0 Å². The lowest BCUT2D eigenvalue weighted by molar-refractivity contribution is -0.131. The van der Waals surface area contributed by atoms with Crippen molar-refractivity contribution in [3.05, 3.63) is 96.1 Å². The Morgan fingerprint density at radius 3 is 2.34 bits per heavy atom. The smallest absolute Gasteiger partial charge is 0.273 e. The zero-order valence-electron chi connectivity index (χ0n) is 16.2. The van der Waals surface area contributed by atoms with E-state index < -0.39 is 35.3 Å². The second-order valence-electron chi connectivity index (χ2n) is 6.78. The van der Waals surface area contributed by atoms with E-state index in [9.17, 15) is 22.7 Å². The number of aliphatic hydroxyl groups is 1. The van der Waals surface area contributed by atoms with Gasteiger partial charge in [0.15, 0.2) is 5.60 Å². The van der Waals surface area contributed by atoms with Crippen molar-refractivity contribution in [2.24, 2.45) is 0 Å². The molecule has 4 aromatic rings. The van der Waals surface area contributed by atoms with E-state index in [0.29, 0.717) is 17.6 Å². The standard InChI is InChI=1S/C21H15F4N5O2/c22-13-6-8-16(17(23)10-13)21(31,20(24)25)19(30-12-27-28-29-30)18-9-7-15(11-26-18)32-14-4-2-1-3-5-14/h1-12,19-20,31H. The zero-order chi connectivity index (χ0) is 22.7. The molecule has 2 aromatic heterocycles. The molecule has 0 spiro atoms. The molecular formula is C21H15F4N5O2. The van der Waals surface area contributed by atoms with Gasteiger partial charge in [0.25, 0.3) is 6.43 Å². The van der Waals surface area contributed by atoms with E-state index in [4.69, 9.17) is 4.74 Å². The number of benzene rings is 2. The van der Waals surface area contributed by atoms with Crippen LogP contribution in [-0.2, 0) is 5.60 Å². The van der Waals surface area contributed by atoms with Gasteiger partial charge in [-0.2, -0.15) is 0 Å². The molecule has 32 heavy (non-hydrogen) atoms. The van der Waals surface area contributed by atoms with Crippen molar-refractivity contribution in [2.75, 3.05) is 0 Å². The van der Waals surface area contributed by atoms with E-state index in [1.165, 1.54) is 18.3 Å². The number of rotatable bonds is 7. The molecule has 2 atom stereocenters. The molecule has 0 fully saturated rings. The molecule has 11 heteroatoms. The normalized spacial score (nSPS) is 14.2. The molecule has 4 rings (SSSR count). The van der Waals surface area contributed by atoms with Crippen LogP contribution in [0.2, 0.25) is 0 Å². The number of hydrogen-bond donors (Lipinski definition) is 1. The van der Waals surface area contributed by atoms with E-state index >= 15 is 0 Å². The van der Waals surface area contributed by atoms with Crippen LogP contribution in [0.3, 0.4) is 0 Å². The lowest BCUT2D eigenvalue weighted by Gasteiger charge is -2.35. The molecule has 2 unspecified atom stereocenters. The van der Waals surface area contributed by atoms with Crippen molar-refractivity contribution in [3.63, 3.8) is 0 Å². The average molecular weight is 445 g/mol. The molecule has 0 aliphatic rings. The Morgan fingerprint density at radius 2 is 1.75 bits per heavy atom. The van der Waals surface area contributed by atoms with Gasteiger partial charge < -0.3 is 9.84 Å². The number of hydrogen-bond acceptors (Lipinski definition) is 6. The highest BCUT2D eigenvalue weighted by molar-refractivity contribution is 5.34. The monoisotopic (exact) mass is 445 g/mol. The number of tetrazole rings is 1. The van der Waals surface area contributed by atoms with Crippen molar-refractivity contribution < 1.29 is 27.4 Å². The SMILES string of the molecule is OC(c1ccc(F)cc1F)(C(F)F)C(c1ccc(Oc2ccccc2)cn1)n1cnnn1. The van der Waals surface area contributed by atoms with Gasteiger partial charge in [0, 0.05) is 11.6 Å². The first kappa shape index (κ1) is 21.4. The summed E-state index contributed by atoms with van der Waals surface area (Å²) in [4.78, 5) is 4.12. The minimum Gasteiger partial charge on any atom is -0.456 e. The topological polar surface area (TPSA) is 86.0 Å². The molecule has 0 radical (unpaired) electrons. The Balaban J connectivity index is 1.78. The molecule has 1 N–H and O–H groups in total. The molecular weight excluding hydrogens is 430 g/mol. The summed E-state index contributed by atoms with van der Waals surface area (Å²) in [6.45, 7) is 0. The third-order valence-corrected chi connectivity index (χ3v) is 4.76. The van der Waals surface area contributed by atoms with Crippen LogP contribution in [0.5, 0.6) is 11.5 Å². The van der Waals surface area contributed by atoms with Crippen molar-refractivity contribution >= 4 is 0 Å². The van der Waals surface area contributed by atoms with Crippen LogP contribution in [-0.4, -0.2) is 36.7 Å². The fourth-order valence-corrected chi connectivity index (χ4v) is 3.29. The summed E-state index contributed by atoms with van der Waals surface area (Å²) in [5, 5.41) is 21.6. The Morgan fingerprint density at radius 1 is 0.969 bits per heavy atom. The van der Waals surface area contributed by atoms with Crippen LogP contribution in [0.25, 0.3) is 0 Å². The fraction of sp³-hybridized carbons (Fsp3) is 0.143. The highest BCUT2D eigenvalue weighted by Crippen LogP contribution is 2.43. The first-order valence-corrected chi connectivity index (χ1v) is 9.27. The Hall–Kier alpha value is -3.86. The van der Waals surface area contributed by atoms with Gasteiger partial charge in [0.1, 0.15) is 35.5 Å². The third-order valence-electron chi connectivity index (χ3n) is 4.76. The van der Waals surface area contributed by atoms with Gasteiger partial charge in [-0.25, -0.2) is 22.2 Å². The minimum absolute atomic E-state index is 0.107. The number of pyridine rings is 1. The number of alkyl halides is 2. The van der Waals surface area contributed by atoms with Crippen LogP contribution in [0.4, 0.5) is 17.6 Å². The summed E-state index contributed by atoms with van der Waals surface area (Å²) in [5.41, 5.74) is -4.12. The highest BCUT2D eigenvalue weighted by atomic mass is 19.3. The maximum absolute atomic E-state index is 14.5. The van der Waals surface area contributed by atoms with E-state index in [1.807, 2.05) is 6.07 Å². The predicted molar refractivity (Wildman–Crippen MR) is 103 cm³/mol. The lowest BCUT2D eigenvalue weighted by atomic mass is 9.84. The molecule has 0 amide bonds. The molecule has 7 nitrogen and oxygen atoms in total. The van der Waals surface area contributed by atoms with Crippen LogP contribution < -0.4 is 4.74 Å². The summed E-state index contributed by atoms with van der Waals surface area (Å²) in [7, 11) is 0. The quantitative estimate of drug-likeness (QED) is 0.435. The second kappa shape index (κ2) is 8.71. The molecule has 0 aliphatic carbocycles. The van der Waals surface area contributed by atoms with Crippen molar-refractivity contribution in [1.82, 2.24) is 25.2 Å². The number of para-hydroxylation sites is 1. The Kier molecular flexibility index (Phi) is 5.82. The molecule has 164 valence electrons. The third kappa shape index (κ3) is 4.02. The van der Waals surface area contributed by atoms with E-state index in [-0.39, 0.29) is 5.69 Å². The van der Waals surface area contributed by atoms with Crippen molar-refractivity contribution in [3.8, 4) is 11.5 Å². The summed E-state index contributed by atoms with van der Waals surface area (Å²) in [6.07, 6.45) is -1.28. The predicted octanol–water partition coefficient (Wildman–Crippen LogP) is 3.88. The minimum atomic E-state index is -3.52. The maximum atomic E-state index is 14.5. The Labute approximate surface area is 178 Å². The Bertz CT molecular complexity index is 1180. The summed E-state index contributed by atoms with van der Waals surface area (Å²) in [5.74, 6) is -1.52. The van der Waals surface area contributed by atoms with Crippen molar-refractivity contribution in [2.45, 2.75) is 18.1 Å². The van der Waals surface area contributed by atoms with Gasteiger partial charge in [-0.05, 0) is 46.8 Å². The van der Waals surface area contributed by atoms with E-state index in [1.54, 1.807) is 24.3 Å². The molecule has 0 saturated carbocycles. The maximum Gasteiger partial charge on any atom is 0.273 e. The van der Waals surface area contributed by atoms with Crippen LogP contribution in [0.15, 0.2) is 73.2 Å². The summed E-state index contributed by atoms with van der Waals surface area (Å²) < 4.78 is 62.9. The molecule has 0 saturated heterocycles. The van der Waals surface area contributed by atoms with Gasteiger partial charge in [-0.1, -0.05) is 18.2 Å². The van der Waals surface area contributed by atoms with E-state index in [2.05, 4.69) is 20.5 Å². The molecule has 0 aliphatic heterocycles. The summed E-state index contributed by atoms with van der Waals surface area (Å²) in [6, 6.07) is 11.7. The van der Waals surface area contributed by atoms with Crippen LogP contribution >= 0.6 is 0 Å². The lowest BCUT2D eigenvalue weighted by Crippen LogP contribution is -2.45. The first-order chi connectivity index (χ1) is 15.4. The molecule has 2 aromatic carbocycles. The zero-order valence-corrected chi connectivity index (χ0v) is 16.2. The van der Waals surface area contributed by atoms with Crippen LogP contribution in [0, 0.1) is 11.6 Å². The number of halogens is 4. The van der Waals surface area contributed by atoms with Crippen LogP contribution in [0.1, 0.15) is 17.3 Å². The molecule has 2 heterocycles. The van der Waals surface area contributed by atoms with E-state index in [0.717, 1.165) is 23.1 Å². The van der Waals surface area contributed by atoms with Gasteiger partial charge in [-0.3, -0.25) is 4.98 Å². The average Bonchev–Trinajstić information content (AvgIpc) is 3.30. The second-order valence-corrected chi connectivity index (χ2v) is 6.78. The number of nitrogens with zero attached hydrogens (tertiary/aromatic N) is 5. The van der Waals surface area contributed by atoms with Gasteiger partial charge in [0.2, 0.25) is 0 Å². The van der Waals surface area contributed by atoms with Gasteiger partial charge in [-0.15, -0.1) is 5.10 Å².